The molecule has 1 aromatic heterocycles. The van der Waals surface area contributed by atoms with Crippen molar-refractivity contribution in [2.24, 2.45) is 0 Å². The molecule has 0 unspecified atom stereocenters. The largest absolute Gasteiger partial charge is 0.420 e. The van der Waals surface area contributed by atoms with Crippen LogP contribution in [-0.4, -0.2) is 40.8 Å². The van der Waals surface area contributed by atoms with Crippen LogP contribution in [-0.2, 0) is 4.74 Å². The standard InChI is InChI=1S/C21H29FN2O3/c1-3-26-17-6-10-21(2,11-7-17)23-12-8-16(9-13-23)24-18-14-15(22)4-5-19(18)27-20(24)25/h4-5,14,16-17H,3,6-13H2,1-2H3/t17-,21-. The number of aromatic nitrogens is 1. The smallest absolute Gasteiger partial charge is 0.408 e. The van der Waals surface area contributed by atoms with Gasteiger partial charge in [-0.2, -0.15) is 0 Å². The van der Waals surface area contributed by atoms with Crippen molar-refractivity contribution in [3.8, 4) is 0 Å². The topological polar surface area (TPSA) is 47.6 Å². The fourth-order valence-corrected chi connectivity index (χ4v) is 4.95. The number of oxazole rings is 1. The second-order valence-corrected chi connectivity index (χ2v) is 8.22. The SMILES string of the molecule is CCO[C@H]1CC[C@](C)(N2CCC(n3c(=O)oc4ccc(F)cc43)CC2)CC1. The van der Waals surface area contributed by atoms with Gasteiger partial charge in [-0.1, -0.05) is 0 Å². The first-order chi connectivity index (χ1) is 13.0. The molecule has 0 bridgehead atoms. The average molecular weight is 376 g/mol. The van der Waals surface area contributed by atoms with Crippen LogP contribution in [0.1, 0.15) is 58.4 Å². The van der Waals surface area contributed by atoms with E-state index >= 15 is 0 Å². The summed E-state index contributed by atoms with van der Waals surface area (Å²) in [5.41, 5.74) is 1.25. The molecule has 6 heteroatoms. The summed E-state index contributed by atoms with van der Waals surface area (Å²) >= 11 is 0. The molecular formula is C21H29FN2O3. The molecule has 1 aliphatic carbocycles. The molecule has 5 nitrogen and oxygen atoms in total. The molecule has 0 amide bonds. The molecule has 2 aromatic rings. The first-order valence-corrected chi connectivity index (χ1v) is 10.2. The number of halogens is 1. The summed E-state index contributed by atoms with van der Waals surface area (Å²) in [6.45, 7) is 7.13. The summed E-state index contributed by atoms with van der Waals surface area (Å²) in [4.78, 5) is 14.9. The van der Waals surface area contributed by atoms with Gasteiger partial charge in [0.15, 0.2) is 5.58 Å². The summed E-state index contributed by atoms with van der Waals surface area (Å²) in [5, 5.41) is 0. The van der Waals surface area contributed by atoms with Gasteiger partial charge in [0.1, 0.15) is 5.82 Å². The van der Waals surface area contributed by atoms with Crippen molar-refractivity contribution >= 4 is 11.1 Å². The number of nitrogens with zero attached hydrogens (tertiary/aromatic N) is 2. The number of hydrogen-bond acceptors (Lipinski definition) is 4. The zero-order chi connectivity index (χ0) is 19.0. The predicted octanol–water partition coefficient (Wildman–Crippen LogP) is 4.11. The van der Waals surface area contributed by atoms with E-state index in [0.29, 0.717) is 17.2 Å². The molecule has 1 saturated carbocycles. The minimum Gasteiger partial charge on any atom is -0.408 e. The van der Waals surface area contributed by atoms with Crippen LogP contribution < -0.4 is 5.76 Å². The fourth-order valence-electron chi connectivity index (χ4n) is 4.95. The Hall–Kier alpha value is -1.66. The van der Waals surface area contributed by atoms with E-state index in [4.69, 9.17) is 9.15 Å². The molecule has 148 valence electrons. The van der Waals surface area contributed by atoms with Gasteiger partial charge >= 0.3 is 5.76 Å². The minimum absolute atomic E-state index is 0.0696. The molecule has 2 aliphatic rings. The van der Waals surface area contributed by atoms with Gasteiger partial charge in [-0.05, 0) is 64.5 Å². The Morgan fingerprint density at radius 1 is 1.22 bits per heavy atom. The maximum atomic E-state index is 13.7. The molecule has 1 saturated heterocycles. The molecule has 0 spiro atoms. The lowest BCUT2D eigenvalue weighted by atomic mass is 9.79. The van der Waals surface area contributed by atoms with Gasteiger partial charge in [0.2, 0.25) is 0 Å². The number of piperidine rings is 1. The molecule has 27 heavy (non-hydrogen) atoms. The average Bonchev–Trinajstić information content (AvgIpc) is 2.99. The lowest BCUT2D eigenvalue weighted by Gasteiger charge is -2.48. The maximum Gasteiger partial charge on any atom is 0.420 e. The molecule has 2 fully saturated rings. The number of fused-ring (bicyclic) bond motifs is 1. The van der Waals surface area contributed by atoms with Gasteiger partial charge < -0.3 is 9.15 Å². The van der Waals surface area contributed by atoms with Crippen LogP contribution >= 0.6 is 0 Å². The number of ether oxygens (including phenoxy) is 1. The summed E-state index contributed by atoms with van der Waals surface area (Å²) < 4.78 is 26.4. The first kappa shape index (κ1) is 18.7. The molecule has 1 aromatic carbocycles. The Bertz CT molecular complexity index is 843. The second-order valence-electron chi connectivity index (χ2n) is 8.22. The Morgan fingerprint density at radius 2 is 1.93 bits per heavy atom. The fraction of sp³-hybridized carbons (Fsp3) is 0.667. The van der Waals surface area contributed by atoms with Crippen molar-refractivity contribution in [1.29, 1.82) is 0 Å². The van der Waals surface area contributed by atoms with Gasteiger partial charge in [0.05, 0.1) is 11.6 Å². The van der Waals surface area contributed by atoms with Gasteiger partial charge in [-0.25, -0.2) is 9.18 Å². The van der Waals surface area contributed by atoms with Gasteiger partial charge in [0.25, 0.3) is 0 Å². The molecule has 4 rings (SSSR count). The van der Waals surface area contributed by atoms with Crippen molar-refractivity contribution in [1.82, 2.24) is 9.47 Å². The molecular weight excluding hydrogens is 347 g/mol. The van der Waals surface area contributed by atoms with E-state index in [1.54, 1.807) is 4.57 Å². The number of hydrogen-bond donors (Lipinski definition) is 0. The quantitative estimate of drug-likeness (QED) is 0.806. The highest BCUT2D eigenvalue weighted by Gasteiger charge is 2.38. The van der Waals surface area contributed by atoms with Crippen molar-refractivity contribution in [2.45, 2.75) is 70.1 Å². The molecule has 0 N–H and O–H groups in total. The first-order valence-electron chi connectivity index (χ1n) is 10.2. The Kier molecular flexibility index (Phi) is 5.12. The highest BCUT2D eigenvalue weighted by Crippen LogP contribution is 2.38. The van der Waals surface area contributed by atoms with Crippen LogP contribution in [0.4, 0.5) is 4.39 Å². The van der Waals surface area contributed by atoms with Crippen molar-refractivity contribution in [3.63, 3.8) is 0 Å². The summed E-state index contributed by atoms with van der Waals surface area (Å²) in [7, 11) is 0. The molecule has 2 heterocycles. The van der Waals surface area contributed by atoms with Crippen LogP contribution in [0.25, 0.3) is 11.1 Å². The Balaban J connectivity index is 1.45. The summed E-state index contributed by atoms with van der Waals surface area (Å²) in [6, 6.07) is 4.34. The highest BCUT2D eigenvalue weighted by molar-refractivity contribution is 5.73. The zero-order valence-electron chi connectivity index (χ0n) is 16.2. The van der Waals surface area contributed by atoms with Gasteiger partial charge in [0, 0.05) is 37.3 Å². The normalized spacial score (nSPS) is 28.0. The van der Waals surface area contributed by atoms with E-state index in [1.807, 2.05) is 0 Å². The predicted molar refractivity (Wildman–Crippen MR) is 103 cm³/mol. The summed E-state index contributed by atoms with van der Waals surface area (Å²) in [5.74, 6) is -0.717. The molecule has 0 radical (unpaired) electrons. The minimum atomic E-state index is -0.377. The highest BCUT2D eigenvalue weighted by atomic mass is 19.1. The summed E-state index contributed by atoms with van der Waals surface area (Å²) in [6.07, 6.45) is 6.73. The van der Waals surface area contributed by atoms with Gasteiger partial charge in [-0.15, -0.1) is 0 Å². The van der Waals surface area contributed by atoms with Gasteiger partial charge in [-0.3, -0.25) is 9.47 Å². The van der Waals surface area contributed by atoms with E-state index in [9.17, 15) is 9.18 Å². The lowest BCUT2D eigenvalue weighted by molar-refractivity contribution is -0.0274. The third kappa shape index (κ3) is 3.57. The lowest BCUT2D eigenvalue weighted by Crippen LogP contribution is -2.52. The van der Waals surface area contributed by atoms with E-state index in [0.717, 1.165) is 58.2 Å². The molecule has 0 atom stereocenters. The van der Waals surface area contributed by atoms with E-state index < -0.39 is 0 Å². The zero-order valence-corrected chi connectivity index (χ0v) is 16.2. The van der Waals surface area contributed by atoms with Crippen LogP contribution in [0.3, 0.4) is 0 Å². The van der Waals surface area contributed by atoms with Crippen LogP contribution in [0.5, 0.6) is 0 Å². The van der Waals surface area contributed by atoms with Crippen molar-refractivity contribution in [3.05, 3.63) is 34.6 Å². The van der Waals surface area contributed by atoms with Crippen molar-refractivity contribution in [2.75, 3.05) is 19.7 Å². The number of likely N-dealkylation sites (tertiary alicyclic amines) is 1. The number of benzene rings is 1. The monoisotopic (exact) mass is 376 g/mol. The third-order valence-corrected chi connectivity index (χ3v) is 6.58. The van der Waals surface area contributed by atoms with Crippen LogP contribution in [0.2, 0.25) is 0 Å². The van der Waals surface area contributed by atoms with Crippen LogP contribution in [0.15, 0.2) is 27.4 Å². The van der Waals surface area contributed by atoms with Crippen LogP contribution in [0, 0.1) is 5.82 Å². The van der Waals surface area contributed by atoms with Crippen molar-refractivity contribution < 1.29 is 13.5 Å². The van der Waals surface area contributed by atoms with E-state index in [2.05, 4.69) is 18.7 Å². The van der Waals surface area contributed by atoms with E-state index in [1.165, 1.54) is 18.2 Å². The van der Waals surface area contributed by atoms with E-state index in [-0.39, 0.29) is 23.2 Å². The second kappa shape index (κ2) is 7.40. The Morgan fingerprint density at radius 3 is 2.59 bits per heavy atom. The molecule has 1 aliphatic heterocycles. The Labute approximate surface area is 159 Å². The maximum absolute atomic E-state index is 13.7. The number of rotatable bonds is 4. The third-order valence-electron chi connectivity index (χ3n) is 6.58.